The second kappa shape index (κ2) is 17.0. The molecule has 0 aromatic rings. The normalized spacial score (nSPS) is 8.18. The minimum atomic E-state index is -0.750. The van der Waals surface area contributed by atoms with E-state index in [2.05, 4.69) is 9.47 Å². The average molecular weight is 228 g/mol. The van der Waals surface area contributed by atoms with Gasteiger partial charge in [0.2, 0.25) is 0 Å². The molecule has 11 heavy (non-hydrogen) atoms. The molecule has 0 heterocycles. The van der Waals surface area contributed by atoms with Crippen LogP contribution in [-0.2, 0) is 9.47 Å². The average Bonchev–Trinajstić information content (AvgIpc) is 1.82. The van der Waals surface area contributed by atoms with Gasteiger partial charge in [-0.2, -0.15) is 0 Å². The molecule has 0 bridgehead atoms. The molecule has 0 aliphatic carbocycles. The number of ether oxygens (including phenoxy) is 2. The lowest BCUT2D eigenvalue weighted by atomic mass is 10.8. The molecule has 0 atom stereocenters. The summed E-state index contributed by atoms with van der Waals surface area (Å²) in [4.78, 5) is 0. The highest BCUT2D eigenvalue weighted by Crippen LogP contribution is 2.03. The van der Waals surface area contributed by atoms with Crippen LogP contribution >= 0.6 is 34.8 Å². The molecule has 6 heteroatoms. The highest BCUT2D eigenvalue weighted by atomic mass is 35.6. The molecule has 0 radical (unpaired) electrons. The second-order valence-corrected chi connectivity index (χ2v) is 3.21. The third-order valence-electron chi connectivity index (χ3n) is 0.492. The monoisotopic (exact) mass is 226 g/mol. The Morgan fingerprint density at radius 2 is 1.18 bits per heavy atom. The summed E-state index contributed by atoms with van der Waals surface area (Å²) in [5.74, 6) is 0. The van der Waals surface area contributed by atoms with Crippen LogP contribution in [0, 0.1) is 0 Å². The van der Waals surface area contributed by atoms with Crippen molar-refractivity contribution in [1.29, 1.82) is 0 Å². The van der Waals surface area contributed by atoms with Gasteiger partial charge in [0.05, 0.1) is 13.2 Å². The first kappa shape index (κ1) is 17.7. The smallest absolute Gasteiger partial charge is 0.180 e. The molecule has 0 saturated carbocycles. The Hall–Kier alpha value is 0.750. The fourth-order valence-electron chi connectivity index (χ4n) is 0.167. The lowest BCUT2D eigenvalue weighted by Gasteiger charge is -1.91. The minimum absolute atomic E-state index is 0. The van der Waals surface area contributed by atoms with E-state index in [1.165, 1.54) is 0 Å². The first-order valence-corrected chi connectivity index (χ1v) is 3.86. The van der Waals surface area contributed by atoms with E-state index in [-0.39, 0.29) is 5.48 Å². The van der Waals surface area contributed by atoms with Crippen molar-refractivity contribution >= 4 is 34.8 Å². The van der Waals surface area contributed by atoms with Crippen LogP contribution in [0.15, 0.2) is 0 Å². The highest BCUT2D eigenvalue weighted by Gasteiger charge is 1.78. The van der Waals surface area contributed by atoms with Gasteiger partial charge in [0.1, 0.15) is 0 Å². The molecular weight excluding hydrogens is 214 g/mol. The van der Waals surface area contributed by atoms with E-state index in [1.807, 2.05) is 0 Å². The molecule has 0 aromatic carbocycles. The van der Waals surface area contributed by atoms with Crippen molar-refractivity contribution in [1.82, 2.24) is 0 Å². The van der Waals surface area contributed by atoms with E-state index in [4.69, 9.17) is 34.8 Å². The molecule has 0 amide bonds. The van der Waals surface area contributed by atoms with Crippen LogP contribution < -0.4 is 0 Å². The summed E-state index contributed by atoms with van der Waals surface area (Å²) < 4.78 is 8.56. The maximum atomic E-state index is 4.81. The number of hydrogen-bond acceptors (Lipinski definition) is 2. The molecular formula is C5H13Cl3O3. The van der Waals surface area contributed by atoms with Gasteiger partial charge < -0.3 is 14.9 Å². The molecule has 0 aliphatic heterocycles. The standard InChI is InChI=1S/C4H10O2.CHCl3.H2O/c1-5-3-4-6-2;2-1(3)4;/h3-4H2,1-2H3;1H;1H2. The second-order valence-electron chi connectivity index (χ2n) is 1.23. The van der Waals surface area contributed by atoms with E-state index in [0.29, 0.717) is 13.2 Å². The third kappa shape index (κ3) is 58.5. The van der Waals surface area contributed by atoms with E-state index in [9.17, 15) is 0 Å². The first-order valence-electron chi connectivity index (χ1n) is 2.55. The zero-order valence-corrected chi connectivity index (χ0v) is 8.71. The predicted molar refractivity (Wildman–Crippen MR) is 48.7 cm³/mol. The molecule has 72 valence electrons. The number of halogens is 3. The van der Waals surface area contributed by atoms with Gasteiger partial charge in [-0.05, 0) is 0 Å². The number of alkyl halides is 3. The van der Waals surface area contributed by atoms with E-state index in [0.717, 1.165) is 0 Å². The van der Waals surface area contributed by atoms with E-state index in [1.54, 1.807) is 14.2 Å². The summed E-state index contributed by atoms with van der Waals surface area (Å²) in [5, 5.41) is 0. The van der Waals surface area contributed by atoms with E-state index >= 15 is 0 Å². The largest absolute Gasteiger partial charge is 0.412 e. The molecule has 2 N–H and O–H groups in total. The summed E-state index contributed by atoms with van der Waals surface area (Å²) in [6, 6.07) is 0. The molecule has 0 unspecified atom stereocenters. The molecule has 0 spiro atoms. The number of methoxy groups -OCH3 is 2. The maximum absolute atomic E-state index is 4.81. The Balaban J connectivity index is -0.000000114. The van der Waals surface area contributed by atoms with Gasteiger partial charge in [-0.25, -0.2) is 0 Å². The van der Waals surface area contributed by atoms with Gasteiger partial charge in [-0.3, -0.25) is 0 Å². The first-order chi connectivity index (χ1) is 4.65. The lowest BCUT2D eigenvalue weighted by molar-refractivity contribution is 0.103. The van der Waals surface area contributed by atoms with Crippen LogP contribution in [0.1, 0.15) is 0 Å². The molecule has 0 aliphatic rings. The van der Waals surface area contributed by atoms with Crippen LogP contribution in [0.2, 0.25) is 0 Å². The predicted octanol–water partition coefficient (Wildman–Crippen LogP) is 1.44. The van der Waals surface area contributed by atoms with Crippen molar-refractivity contribution in [3.05, 3.63) is 0 Å². The van der Waals surface area contributed by atoms with Gasteiger partial charge in [0.25, 0.3) is 0 Å². The molecule has 0 rings (SSSR count). The zero-order valence-electron chi connectivity index (χ0n) is 6.44. The van der Waals surface area contributed by atoms with Gasteiger partial charge in [-0.1, -0.05) is 34.8 Å². The Kier molecular flexibility index (Phi) is 27.4. The molecule has 0 saturated heterocycles. The number of hydrogen-bond donors (Lipinski definition) is 0. The van der Waals surface area contributed by atoms with Crippen molar-refractivity contribution in [3.63, 3.8) is 0 Å². The maximum Gasteiger partial charge on any atom is 0.180 e. The molecule has 3 nitrogen and oxygen atoms in total. The molecule has 0 fully saturated rings. The minimum Gasteiger partial charge on any atom is -0.412 e. The van der Waals surface area contributed by atoms with Crippen molar-refractivity contribution in [2.75, 3.05) is 27.4 Å². The Labute approximate surface area is 81.8 Å². The highest BCUT2D eigenvalue weighted by molar-refractivity contribution is 6.63. The summed E-state index contributed by atoms with van der Waals surface area (Å²) in [6.45, 7) is 1.38. The Morgan fingerprint density at radius 1 is 1.00 bits per heavy atom. The van der Waals surface area contributed by atoms with Gasteiger partial charge >= 0.3 is 0 Å². The summed E-state index contributed by atoms with van der Waals surface area (Å²) in [5.41, 5.74) is 0. The van der Waals surface area contributed by atoms with Crippen molar-refractivity contribution in [2.24, 2.45) is 0 Å². The van der Waals surface area contributed by atoms with Gasteiger partial charge in [0.15, 0.2) is 4.30 Å². The van der Waals surface area contributed by atoms with Crippen LogP contribution in [0.5, 0.6) is 0 Å². The Morgan fingerprint density at radius 3 is 1.27 bits per heavy atom. The van der Waals surface area contributed by atoms with Crippen LogP contribution in [0.25, 0.3) is 0 Å². The fourth-order valence-corrected chi connectivity index (χ4v) is 0.167. The number of rotatable bonds is 3. The van der Waals surface area contributed by atoms with Crippen molar-refractivity contribution < 1.29 is 14.9 Å². The SMILES string of the molecule is COCCOC.ClC(Cl)Cl.O. The quantitative estimate of drug-likeness (QED) is 0.541. The Bertz CT molecular complexity index is 47.5. The van der Waals surface area contributed by atoms with Gasteiger partial charge in [0, 0.05) is 14.2 Å². The van der Waals surface area contributed by atoms with Gasteiger partial charge in [-0.15, -0.1) is 0 Å². The van der Waals surface area contributed by atoms with Crippen molar-refractivity contribution in [3.8, 4) is 0 Å². The van der Waals surface area contributed by atoms with Crippen LogP contribution in [-0.4, -0.2) is 37.2 Å². The third-order valence-corrected chi connectivity index (χ3v) is 0.492. The topological polar surface area (TPSA) is 50.0 Å². The van der Waals surface area contributed by atoms with Crippen LogP contribution in [0.3, 0.4) is 0 Å². The summed E-state index contributed by atoms with van der Waals surface area (Å²) >= 11 is 14.4. The molecule has 0 aromatic heterocycles. The summed E-state index contributed by atoms with van der Waals surface area (Å²) in [7, 11) is 3.30. The lowest BCUT2D eigenvalue weighted by Crippen LogP contribution is -1.96. The van der Waals surface area contributed by atoms with E-state index < -0.39 is 4.30 Å². The summed E-state index contributed by atoms with van der Waals surface area (Å²) in [6.07, 6.45) is 0. The fraction of sp³-hybridized carbons (Fsp3) is 1.00. The van der Waals surface area contributed by atoms with Crippen LogP contribution in [0.4, 0.5) is 0 Å². The zero-order chi connectivity index (χ0) is 8.41. The van der Waals surface area contributed by atoms with Crippen molar-refractivity contribution in [2.45, 2.75) is 4.30 Å².